The van der Waals surface area contributed by atoms with Crippen LogP contribution in [0.25, 0.3) is 6.08 Å². The summed E-state index contributed by atoms with van der Waals surface area (Å²) in [5.41, 5.74) is 2.59. The number of methoxy groups -OCH3 is 1. The quantitative estimate of drug-likeness (QED) is 0.484. The number of hydrogen-bond donors (Lipinski definition) is 1. The van der Waals surface area contributed by atoms with Gasteiger partial charge in [-0.05, 0) is 71.5 Å². The smallest absolute Gasteiger partial charge is 0.280 e. The van der Waals surface area contributed by atoms with Crippen molar-refractivity contribution in [3.05, 3.63) is 55.6 Å². The van der Waals surface area contributed by atoms with Crippen molar-refractivity contribution in [2.45, 2.75) is 6.92 Å². The van der Waals surface area contributed by atoms with Gasteiger partial charge in [0.1, 0.15) is 0 Å². The zero-order chi connectivity index (χ0) is 18.1. The number of rotatable bonds is 3. The third-order valence-electron chi connectivity index (χ3n) is 3.70. The van der Waals surface area contributed by atoms with Gasteiger partial charge in [0.15, 0.2) is 11.5 Å². The second-order valence-corrected chi connectivity index (χ2v) is 7.47. The number of phenols is 1. The second kappa shape index (κ2) is 7.17. The molecule has 1 N–H and O–H groups in total. The van der Waals surface area contributed by atoms with Crippen LogP contribution in [0.5, 0.6) is 11.5 Å². The minimum atomic E-state index is -0.197. The number of aromatic hydroxyl groups is 1. The van der Waals surface area contributed by atoms with Gasteiger partial charge < -0.3 is 9.84 Å². The van der Waals surface area contributed by atoms with Crippen molar-refractivity contribution in [2.24, 2.45) is 5.10 Å². The van der Waals surface area contributed by atoms with Crippen LogP contribution in [0, 0.1) is 3.57 Å². The maximum Gasteiger partial charge on any atom is 0.280 e. The number of carbonyl (C=O) groups excluding carboxylic acids is 1. The first-order valence-corrected chi connectivity index (χ1v) is 9.21. The highest BCUT2D eigenvalue weighted by atomic mass is 127. The van der Waals surface area contributed by atoms with Gasteiger partial charge in [-0.25, -0.2) is 0 Å². The van der Waals surface area contributed by atoms with Gasteiger partial charge in [0.25, 0.3) is 5.91 Å². The molecule has 2 aromatic rings. The molecule has 7 heteroatoms. The van der Waals surface area contributed by atoms with Crippen molar-refractivity contribution in [1.82, 2.24) is 0 Å². The number of carbonyl (C=O) groups is 1. The third-order valence-corrected chi connectivity index (χ3v) is 5.01. The summed E-state index contributed by atoms with van der Waals surface area (Å²) in [6, 6.07) is 10.9. The Labute approximate surface area is 167 Å². The van der Waals surface area contributed by atoms with Gasteiger partial charge >= 0.3 is 0 Å². The summed E-state index contributed by atoms with van der Waals surface area (Å²) in [4.78, 5) is 12.8. The molecule has 1 aliphatic heterocycles. The number of ether oxygens (including phenoxy) is 1. The molecule has 25 heavy (non-hydrogen) atoms. The van der Waals surface area contributed by atoms with Crippen LogP contribution in [-0.2, 0) is 4.79 Å². The van der Waals surface area contributed by atoms with E-state index >= 15 is 0 Å². The molecule has 2 aromatic carbocycles. The van der Waals surface area contributed by atoms with E-state index < -0.39 is 0 Å². The van der Waals surface area contributed by atoms with Gasteiger partial charge in [-0.3, -0.25) is 4.79 Å². The monoisotopic (exact) mass is 512 g/mol. The van der Waals surface area contributed by atoms with Crippen LogP contribution in [-0.4, -0.2) is 23.8 Å². The van der Waals surface area contributed by atoms with Crippen molar-refractivity contribution in [3.8, 4) is 11.5 Å². The standard InChI is InChI=1S/C18H14BrIN2O3/c1-10-14(6-11-7-15(20)17(23)16(8-11)25-2)18(24)22(21-10)13-5-3-4-12(19)9-13/h3-9,23H,1-2H3/b14-6+. The molecule has 0 atom stereocenters. The minimum Gasteiger partial charge on any atom is -0.504 e. The van der Waals surface area contributed by atoms with E-state index in [4.69, 9.17) is 4.74 Å². The lowest BCUT2D eigenvalue weighted by Crippen LogP contribution is -2.21. The molecule has 0 aliphatic carbocycles. The number of hydrogen-bond acceptors (Lipinski definition) is 4. The van der Waals surface area contributed by atoms with Gasteiger partial charge in [0.05, 0.1) is 27.7 Å². The lowest BCUT2D eigenvalue weighted by atomic mass is 10.1. The molecule has 0 spiro atoms. The molecular weight excluding hydrogens is 499 g/mol. The number of nitrogens with zero attached hydrogens (tertiary/aromatic N) is 2. The van der Waals surface area contributed by atoms with Gasteiger partial charge in [0, 0.05) is 4.47 Å². The van der Waals surface area contributed by atoms with E-state index in [1.807, 2.05) is 46.9 Å². The largest absolute Gasteiger partial charge is 0.504 e. The molecular formula is C18H14BrIN2O3. The van der Waals surface area contributed by atoms with Crippen molar-refractivity contribution in [3.63, 3.8) is 0 Å². The van der Waals surface area contributed by atoms with E-state index in [0.717, 1.165) is 10.0 Å². The maximum atomic E-state index is 12.8. The third kappa shape index (κ3) is 3.57. The fraction of sp³-hybridized carbons (Fsp3) is 0.111. The molecule has 0 bridgehead atoms. The highest BCUT2D eigenvalue weighted by Crippen LogP contribution is 2.34. The Hall–Kier alpha value is -1.87. The highest BCUT2D eigenvalue weighted by molar-refractivity contribution is 14.1. The molecule has 0 radical (unpaired) electrons. The van der Waals surface area contributed by atoms with Crippen LogP contribution in [0.1, 0.15) is 12.5 Å². The topological polar surface area (TPSA) is 62.1 Å². The predicted octanol–water partition coefficient (Wildman–Crippen LogP) is 4.57. The number of hydrazone groups is 1. The van der Waals surface area contributed by atoms with Crippen molar-refractivity contribution < 1.29 is 14.6 Å². The SMILES string of the molecule is COc1cc(/C=C2/C(=O)N(c3cccc(Br)c3)N=C2C)cc(I)c1O. The van der Waals surface area contributed by atoms with Crippen molar-refractivity contribution >= 4 is 61.9 Å². The van der Waals surface area contributed by atoms with Crippen LogP contribution in [0.3, 0.4) is 0 Å². The number of amides is 1. The Morgan fingerprint density at radius 3 is 2.76 bits per heavy atom. The van der Waals surface area contributed by atoms with E-state index in [0.29, 0.717) is 26.3 Å². The molecule has 128 valence electrons. The number of halogens is 2. The lowest BCUT2D eigenvalue weighted by Gasteiger charge is -2.12. The summed E-state index contributed by atoms with van der Waals surface area (Å²) in [7, 11) is 1.49. The average Bonchev–Trinajstić information content (AvgIpc) is 2.86. The van der Waals surface area contributed by atoms with E-state index in [2.05, 4.69) is 21.0 Å². The molecule has 0 aromatic heterocycles. The molecule has 5 nitrogen and oxygen atoms in total. The molecule has 1 heterocycles. The Morgan fingerprint density at radius 1 is 1.32 bits per heavy atom. The minimum absolute atomic E-state index is 0.0872. The molecule has 0 fully saturated rings. The second-order valence-electron chi connectivity index (χ2n) is 5.39. The Bertz CT molecular complexity index is 925. The van der Waals surface area contributed by atoms with Crippen LogP contribution in [0.2, 0.25) is 0 Å². The van der Waals surface area contributed by atoms with Gasteiger partial charge in [0.2, 0.25) is 0 Å². The van der Waals surface area contributed by atoms with Crippen molar-refractivity contribution in [1.29, 1.82) is 0 Å². The maximum absolute atomic E-state index is 12.8. The van der Waals surface area contributed by atoms with E-state index in [9.17, 15) is 9.90 Å². The molecule has 1 aliphatic rings. The van der Waals surface area contributed by atoms with Crippen LogP contribution >= 0.6 is 38.5 Å². The normalized spacial score (nSPS) is 15.7. The van der Waals surface area contributed by atoms with E-state index in [-0.39, 0.29) is 11.7 Å². The fourth-order valence-electron chi connectivity index (χ4n) is 2.47. The zero-order valence-corrected chi connectivity index (χ0v) is 17.2. The van der Waals surface area contributed by atoms with Crippen LogP contribution in [0.15, 0.2) is 51.5 Å². The first-order chi connectivity index (χ1) is 11.9. The Balaban J connectivity index is 1.99. The average molecular weight is 513 g/mol. The molecule has 1 amide bonds. The van der Waals surface area contributed by atoms with Gasteiger partial charge in [-0.1, -0.05) is 22.0 Å². The predicted molar refractivity (Wildman–Crippen MR) is 110 cm³/mol. The zero-order valence-electron chi connectivity index (χ0n) is 13.5. The lowest BCUT2D eigenvalue weighted by molar-refractivity contribution is -0.114. The van der Waals surface area contributed by atoms with E-state index in [1.165, 1.54) is 12.1 Å². The first-order valence-electron chi connectivity index (χ1n) is 7.34. The van der Waals surface area contributed by atoms with E-state index in [1.54, 1.807) is 25.1 Å². The molecule has 0 saturated heterocycles. The molecule has 3 rings (SSSR count). The summed E-state index contributed by atoms with van der Waals surface area (Å²) in [6.45, 7) is 1.80. The fourth-order valence-corrected chi connectivity index (χ4v) is 3.48. The number of benzene rings is 2. The molecule has 0 saturated carbocycles. The van der Waals surface area contributed by atoms with Crippen molar-refractivity contribution in [2.75, 3.05) is 12.1 Å². The Morgan fingerprint density at radius 2 is 2.08 bits per heavy atom. The summed E-state index contributed by atoms with van der Waals surface area (Å²) >= 11 is 5.43. The number of anilines is 1. The van der Waals surface area contributed by atoms with Gasteiger partial charge in [-0.15, -0.1) is 0 Å². The first kappa shape index (κ1) is 17.9. The number of phenolic OH excluding ortho intramolecular Hbond substituents is 1. The molecule has 0 unspecified atom stereocenters. The Kier molecular flexibility index (Phi) is 5.14. The summed E-state index contributed by atoms with van der Waals surface area (Å²) in [5.74, 6) is 0.254. The summed E-state index contributed by atoms with van der Waals surface area (Å²) < 4.78 is 6.70. The summed E-state index contributed by atoms with van der Waals surface area (Å²) in [5, 5.41) is 15.7. The van der Waals surface area contributed by atoms with Crippen LogP contribution in [0.4, 0.5) is 5.69 Å². The highest BCUT2D eigenvalue weighted by Gasteiger charge is 2.28. The van der Waals surface area contributed by atoms with Crippen LogP contribution < -0.4 is 9.75 Å². The van der Waals surface area contributed by atoms with Gasteiger partial charge in [-0.2, -0.15) is 10.1 Å². The summed E-state index contributed by atoms with van der Waals surface area (Å²) in [6.07, 6.45) is 1.75.